The topological polar surface area (TPSA) is 33.0 Å². The van der Waals surface area contributed by atoms with E-state index in [1.54, 1.807) is 0 Å². The largest absolute Gasteiger partial charge is 0.416 e. The Morgan fingerprint density at radius 1 is 1.36 bits per heavy atom. The van der Waals surface area contributed by atoms with E-state index in [-0.39, 0.29) is 5.41 Å². The summed E-state index contributed by atoms with van der Waals surface area (Å²) in [5, 5.41) is 8.68. The van der Waals surface area contributed by atoms with E-state index in [2.05, 4.69) is 25.7 Å². The molecule has 0 aliphatic carbocycles. The van der Waals surface area contributed by atoms with Crippen LogP contribution in [0.25, 0.3) is 0 Å². The Balaban J connectivity index is 3.83. The van der Waals surface area contributed by atoms with Gasteiger partial charge in [-0.2, -0.15) is 5.26 Å². The van der Waals surface area contributed by atoms with Gasteiger partial charge in [0.15, 0.2) is 8.32 Å². The van der Waals surface area contributed by atoms with Gasteiger partial charge in [-0.25, -0.2) is 0 Å². The normalized spacial score (nSPS) is 12.7. The van der Waals surface area contributed by atoms with Gasteiger partial charge in [0, 0.05) is 0 Å². The van der Waals surface area contributed by atoms with Crippen LogP contribution in [0.3, 0.4) is 0 Å². The first-order valence-electron chi connectivity index (χ1n) is 3.82. The Morgan fingerprint density at radius 2 is 1.82 bits per heavy atom. The van der Waals surface area contributed by atoms with Gasteiger partial charge in [-0.1, -0.05) is 0 Å². The van der Waals surface area contributed by atoms with Crippen molar-refractivity contribution in [2.24, 2.45) is 5.41 Å². The van der Waals surface area contributed by atoms with Crippen molar-refractivity contribution in [2.45, 2.75) is 33.5 Å². The van der Waals surface area contributed by atoms with Gasteiger partial charge in [0.2, 0.25) is 0 Å². The third-order valence-corrected chi connectivity index (χ3v) is 2.18. The van der Waals surface area contributed by atoms with Crippen LogP contribution >= 0.6 is 0 Å². The summed E-state index contributed by atoms with van der Waals surface area (Å²) in [7, 11) is -1.43. The standard InChI is InChI=1S/C8H17NOSi/c1-8(2,6-9)7-10-11(3,4)5/h7H2,1-5H3. The second-order valence-corrected chi connectivity index (χ2v) is 8.91. The molecule has 0 spiro atoms. The van der Waals surface area contributed by atoms with Crippen LogP contribution in [-0.2, 0) is 4.43 Å². The maximum absolute atomic E-state index is 8.68. The van der Waals surface area contributed by atoms with Crippen molar-refractivity contribution in [1.29, 1.82) is 5.26 Å². The van der Waals surface area contributed by atoms with E-state index in [4.69, 9.17) is 9.69 Å². The molecule has 0 radical (unpaired) electrons. The van der Waals surface area contributed by atoms with Gasteiger partial charge in [0.05, 0.1) is 18.1 Å². The van der Waals surface area contributed by atoms with Crippen molar-refractivity contribution < 1.29 is 4.43 Å². The summed E-state index contributed by atoms with van der Waals surface area (Å²) in [5.41, 5.74) is -0.333. The van der Waals surface area contributed by atoms with Gasteiger partial charge >= 0.3 is 0 Å². The van der Waals surface area contributed by atoms with Gasteiger partial charge < -0.3 is 4.43 Å². The van der Waals surface area contributed by atoms with E-state index in [1.807, 2.05) is 13.8 Å². The minimum atomic E-state index is -1.43. The minimum Gasteiger partial charge on any atom is -0.416 e. The number of rotatable bonds is 3. The van der Waals surface area contributed by atoms with Crippen LogP contribution in [0.1, 0.15) is 13.8 Å². The fraction of sp³-hybridized carbons (Fsp3) is 0.875. The molecule has 0 atom stereocenters. The first-order chi connectivity index (χ1) is 4.77. The molecular formula is C8H17NOSi. The van der Waals surface area contributed by atoms with Gasteiger partial charge in [-0.05, 0) is 33.5 Å². The smallest absolute Gasteiger partial charge is 0.183 e. The highest BCUT2D eigenvalue weighted by molar-refractivity contribution is 6.69. The summed E-state index contributed by atoms with van der Waals surface area (Å²) < 4.78 is 5.60. The van der Waals surface area contributed by atoms with E-state index >= 15 is 0 Å². The molecule has 0 saturated carbocycles. The number of nitrogens with zero attached hydrogens (tertiary/aromatic N) is 1. The highest BCUT2D eigenvalue weighted by Gasteiger charge is 2.22. The molecule has 2 nitrogen and oxygen atoms in total. The highest BCUT2D eigenvalue weighted by atomic mass is 28.4. The maximum atomic E-state index is 8.68. The van der Waals surface area contributed by atoms with E-state index in [0.29, 0.717) is 6.61 Å². The second-order valence-electron chi connectivity index (χ2n) is 4.40. The van der Waals surface area contributed by atoms with Gasteiger partial charge in [-0.15, -0.1) is 0 Å². The summed E-state index contributed by atoms with van der Waals surface area (Å²) in [6, 6.07) is 2.21. The van der Waals surface area contributed by atoms with Crippen LogP contribution < -0.4 is 0 Å². The second kappa shape index (κ2) is 3.38. The fourth-order valence-corrected chi connectivity index (χ4v) is 1.22. The summed E-state index contributed by atoms with van der Waals surface area (Å²) in [6.45, 7) is 10.7. The first kappa shape index (κ1) is 10.7. The molecule has 0 heterocycles. The molecule has 64 valence electrons. The van der Waals surface area contributed by atoms with Gasteiger partial charge in [-0.3, -0.25) is 0 Å². The van der Waals surface area contributed by atoms with E-state index in [1.165, 1.54) is 0 Å². The summed E-state index contributed by atoms with van der Waals surface area (Å²) in [6.07, 6.45) is 0. The molecule has 0 aromatic heterocycles. The molecule has 0 aromatic rings. The molecule has 0 saturated heterocycles. The average Bonchev–Trinajstić information content (AvgIpc) is 1.83. The van der Waals surface area contributed by atoms with Crippen molar-refractivity contribution in [1.82, 2.24) is 0 Å². The molecule has 3 heteroatoms. The van der Waals surface area contributed by atoms with Crippen molar-refractivity contribution >= 4 is 8.32 Å². The summed E-state index contributed by atoms with van der Waals surface area (Å²) in [5.74, 6) is 0. The number of hydrogen-bond donors (Lipinski definition) is 0. The third kappa shape index (κ3) is 6.08. The molecular weight excluding hydrogens is 154 g/mol. The number of hydrogen-bond acceptors (Lipinski definition) is 2. The third-order valence-electron chi connectivity index (χ3n) is 1.17. The molecule has 0 aliphatic rings. The molecule has 0 fully saturated rings. The SMILES string of the molecule is CC(C)(C#N)CO[Si](C)(C)C. The quantitative estimate of drug-likeness (QED) is 0.611. The van der Waals surface area contributed by atoms with Crippen LogP contribution in [0, 0.1) is 16.7 Å². The molecule has 0 unspecified atom stereocenters. The lowest BCUT2D eigenvalue weighted by Crippen LogP contribution is -2.31. The Bertz CT molecular complexity index is 164. The Kier molecular flexibility index (Phi) is 3.27. The van der Waals surface area contributed by atoms with E-state index < -0.39 is 8.32 Å². The van der Waals surface area contributed by atoms with E-state index in [9.17, 15) is 0 Å². The number of nitriles is 1. The summed E-state index contributed by atoms with van der Waals surface area (Å²) >= 11 is 0. The Labute approximate surface area is 70.3 Å². The monoisotopic (exact) mass is 171 g/mol. The lowest BCUT2D eigenvalue weighted by atomic mass is 9.98. The zero-order chi connectivity index (χ0) is 9.12. The Hall–Kier alpha value is -0.333. The Morgan fingerprint density at radius 3 is 2.09 bits per heavy atom. The fourth-order valence-electron chi connectivity index (χ4n) is 0.429. The molecule has 0 N–H and O–H groups in total. The van der Waals surface area contributed by atoms with Crippen LogP contribution in [0.4, 0.5) is 0 Å². The predicted molar refractivity (Wildman–Crippen MR) is 48.7 cm³/mol. The molecule has 11 heavy (non-hydrogen) atoms. The highest BCUT2D eigenvalue weighted by Crippen LogP contribution is 2.16. The molecule has 0 amide bonds. The van der Waals surface area contributed by atoms with Crippen LogP contribution in [0.5, 0.6) is 0 Å². The van der Waals surface area contributed by atoms with Crippen molar-refractivity contribution in [2.75, 3.05) is 6.61 Å². The van der Waals surface area contributed by atoms with E-state index in [0.717, 1.165) is 0 Å². The minimum absolute atomic E-state index is 0.333. The van der Waals surface area contributed by atoms with Crippen LogP contribution in [-0.4, -0.2) is 14.9 Å². The predicted octanol–water partition coefficient (Wildman–Crippen LogP) is 2.39. The molecule has 0 bridgehead atoms. The lowest BCUT2D eigenvalue weighted by molar-refractivity contribution is 0.221. The first-order valence-corrected chi connectivity index (χ1v) is 7.23. The molecule has 0 aromatic carbocycles. The average molecular weight is 171 g/mol. The van der Waals surface area contributed by atoms with Crippen molar-refractivity contribution in [3.8, 4) is 6.07 Å². The van der Waals surface area contributed by atoms with Crippen molar-refractivity contribution in [3.05, 3.63) is 0 Å². The van der Waals surface area contributed by atoms with Crippen LogP contribution in [0.2, 0.25) is 19.6 Å². The molecule has 0 rings (SSSR count). The summed E-state index contributed by atoms with van der Waals surface area (Å²) in [4.78, 5) is 0. The lowest BCUT2D eigenvalue weighted by Gasteiger charge is -2.23. The van der Waals surface area contributed by atoms with Crippen molar-refractivity contribution in [3.63, 3.8) is 0 Å². The zero-order valence-corrected chi connectivity index (χ0v) is 9.06. The molecule has 0 aliphatic heterocycles. The van der Waals surface area contributed by atoms with Gasteiger partial charge in [0.25, 0.3) is 0 Å². The van der Waals surface area contributed by atoms with Gasteiger partial charge in [0.1, 0.15) is 0 Å². The maximum Gasteiger partial charge on any atom is 0.183 e. The van der Waals surface area contributed by atoms with Crippen LogP contribution in [0.15, 0.2) is 0 Å². The zero-order valence-electron chi connectivity index (χ0n) is 8.06.